The molecule has 0 atom stereocenters. The summed E-state index contributed by atoms with van der Waals surface area (Å²) >= 11 is 12.3. The smallest absolute Gasteiger partial charge is 0.270 e. The second-order valence-electron chi connectivity index (χ2n) is 6.97. The van der Waals surface area contributed by atoms with Gasteiger partial charge < -0.3 is 0 Å². The number of nitrogens with one attached hydrogen (secondary N) is 2. The zero-order chi connectivity index (χ0) is 21.8. The fourth-order valence-corrected chi connectivity index (χ4v) is 3.74. The van der Waals surface area contributed by atoms with Gasteiger partial charge in [-0.05, 0) is 53.6 Å². The van der Waals surface area contributed by atoms with Crippen molar-refractivity contribution in [3.63, 3.8) is 0 Å². The normalized spacial score (nSPS) is 10.9. The Labute approximate surface area is 188 Å². The lowest BCUT2D eigenvalue weighted by atomic mass is 10.1. The second kappa shape index (κ2) is 9.28. The van der Waals surface area contributed by atoms with Crippen molar-refractivity contribution in [3.8, 4) is 11.3 Å². The summed E-state index contributed by atoms with van der Waals surface area (Å²) in [5, 5.41) is 21.6. The number of hydrogen-bond acceptors (Lipinski definition) is 5. The van der Waals surface area contributed by atoms with Crippen LogP contribution >= 0.6 is 23.2 Å². The summed E-state index contributed by atoms with van der Waals surface area (Å²) in [6, 6.07) is 14.8. The van der Waals surface area contributed by atoms with Gasteiger partial charge in [0.25, 0.3) is 11.9 Å². The number of tetrazole rings is 1. The summed E-state index contributed by atoms with van der Waals surface area (Å²) in [4.78, 5) is 12.3. The van der Waals surface area contributed by atoms with Crippen molar-refractivity contribution in [1.29, 1.82) is 0 Å². The van der Waals surface area contributed by atoms with Crippen molar-refractivity contribution in [2.45, 2.75) is 26.3 Å². The SMILES string of the molecule is CCCc1cc(-c2cc(Cl)cc(Cl)c2)nn1Cc1ccc(C(=O)Nc2nn[nH]n2)cc1. The van der Waals surface area contributed by atoms with E-state index in [1.807, 2.05) is 28.9 Å². The maximum absolute atomic E-state index is 12.3. The van der Waals surface area contributed by atoms with Gasteiger partial charge in [0.2, 0.25) is 0 Å². The van der Waals surface area contributed by atoms with Crippen LogP contribution in [0, 0.1) is 0 Å². The Balaban J connectivity index is 1.54. The van der Waals surface area contributed by atoms with Gasteiger partial charge in [-0.3, -0.25) is 14.8 Å². The van der Waals surface area contributed by atoms with E-state index in [1.54, 1.807) is 18.2 Å². The fraction of sp³-hybridized carbons (Fsp3) is 0.190. The largest absolute Gasteiger partial charge is 0.288 e. The highest BCUT2D eigenvalue weighted by atomic mass is 35.5. The zero-order valence-electron chi connectivity index (χ0n) is 16.6. The predicted octanol–water partition coefficient (Wildman–Crippen LogP) is 4.62. The zero-order valence-corrected chi connectivity index (χ0v) is 18.2. The molecule has 158 valence electrons. The molecule has 0 fully saturated rings. The average Bonchev–Trinajstić information content (AvgIpc) is 3.38. The van der Waals surface area contributed by atoms with Gasteiger partial charge in [-0.2, -0.15) is 10.3 Å². The molecule has 0 aliphatic carbocycles. The van der Waals surface area contributed by atoms with Gasteiger partial charge in [0, 0.05) is 26.9 Å². The molecule has 2 heterocycles. The molecule has 0 radical (unpaired) electrons. The van der Waals surface area contributed by atoms with Gasteiger partial charge in [0.05, 0.1) is 12.2 Å². The Kier molecular flexibility index (Phi) is 6.29. The Morgan fingerprint density at radius 1 is 1.10 bits per heavy atom. The van der Waals surface area contributed by atoms with Gasteiger partial charge in [-0.15, -0.1) is 5.10 Å². The van der Waals surface area contributed by atoms with E-state index in [0.29, 0.717) is 22.2 Å². The molecule has 4 rings (SSSR count). The van der Waals surface area contributed by atoms with E-state index in [2.05, 4.69) is 38.9 Å². The van der Waals surface area contributed by atoms with Gasteiger partial charge in [-0.1, -0.05) is 53.8 Å². The van der Waals surface area contributed by atoms with E-state index < -0.39 is 0 Å². The molecular weight excluding hydrogens is 437 g/mol. The van der Waals surface area contributed by atoms with Crippen molar-refractivity contribution in [1.82, 2.24) is 30.4 Å². The molecule has 0 bridgehead atoms. The number of carbonyl (C=O) groups excluding carboxylic acids is 1. The highest BCUT2D eigenvalue weighted by Crippen LogP contribution is 2.27. The Morgan fingerprint density at radius 3 is 2.48 bits per heavy atom. The number of benzene rings is 2. The third-order valence-corrected chi connectivity index (χ3v) is 5.08. The Morgan fingerprint density at radius 2 is 1.84 bits per heavy atom. The van der Waals surface area contributed by atoms with E-state index in [0.717, 1.165) is 35.4 Å². The van der Waals surface area contributed by atoms with Crippen LogP contribution in [-0.2, 0) is 13.0 Å². The first-order valence-corrected chi connectivity index (χ1v) is 10.4. The van der Waals surface area contributed by atoms with Crippen LogP contribution in [0.3, 0.4) is 0 Å². The van der Waals surface area contributed by atoms with E-state index in [4.69, 9.17) is 28.3 Å². The number of aromatic nitrogens is 6. The van der Waals surface area contributed by atoms with Crippen LogP contribution in [-0.4, -0.2) is 36.3 Å². The number of nitrogens with zero attached hydrogens (tertiary/aromatic N) is 5. The standard InChI is InChI=1S/C21H19Cl2N7O/c1-2-3-18-11-19(15-8-16(22)10-17(23)9-15)27-30(18)12-13-4-6-14(7-5-13)20(31)24-21-25-28-29-26-21/h4-11H,2-3,12H2,1H3,(H2,24,25,26,28,29,31). The van der Waals surface area contributed by atoms with Crippen molar-refractivity contribution in [2.75, 3.05) is 5.32 Å². The molecule has 10 heteroatoms. The van der Waals surface area contributed by atoms with Crippen molar-refractivity contribution < 1.29 is 4.79 Å². The van der Waals surface area contributed by atoms with Gasteiger partial charge >= 0.3 is 0 Å². The summed E-state index contributed by atoms with van der Waals surface area (Å²) < 4.78 is 1.97. The number of halogens is 2. The van der Waals surface area contributed by atoms with Crippen molar-refractivity contribution in [2.24, 2.45) is 0 Å². The van der Waals surface area contributed by atoms with Crippen LogP contribution < -0.4 is 5.32 Å². The van der Waals surface area contributed by atoms with Gasteiger partial charge in [0.15, 0.2) is 0 Å². The van der Waals surface area contributed by atoms with Crippen LogP contribution in [0.5, 0.6) is 0 Å². The molecule has 0 saturated heterocycles. The lowest BCUT2D eigenvalue weighted by Gasteiger charge is -2.08. The maximum atomic E-state index is 12.3. The van der Waals surface area contributed by atoms with Crippen molar-refractivity contribution >= 4 is 35.1 Å². The maximum Gasteiger partial charge on any atom is 0.270 e. The molecule has 2 aromatic carbocycles. The fourth-order valence-electron chi connectivity index (χ4n) is 3.22. The highest BCUT2D eigenvalue weighted by Gasteiger charge is 2.12. The topological polar surface area (TPSA) is 101 Å². The van der Waals surface area contributed by atoms with Gasteiger partial charge in [0.1, 0.15) is 0 Å². The summed E-state index contributed by atoms with van der Waals surface area (Å²) in [5.74, 6) is -0.178. The predicted molar refractivity (Wildman–Crippen MR) is 119 cm³/mol. The van der Waals surface area contributed by atoms with Crippen LogP contribution in [0.2, 0.25) is 10.0 Å². The molecule has 2 aromatic heterocycles. The highest BCUT2D eigenvalue weighted by molar-refractivity contribution is 6.35. The lowest BCUT2D eigenvalue weighted by molar-refractivity contribution is 0.102. The first-order valence-electron chi connectivity index (χ1n) is 9.68. The number of rotatable bonds is 7. The molecular formula is C21H19Cl2N7O. The summed E-state index contributed by atoms with van der Waals surface area (Å²) in [6.07, 6.45) is 1.89. The van der Waals surface area contributed by atoms with Crippen LogP contribution in [0.25, 0.3) is 11.3 Å². The molecule has 8 nitrogen and oxygen atoms in total. The number of hydrogen-bond donors (Lipinski definition) is 2. The number of H-pyrrole nitrogens is 1. The summed E-state index contributed by atoms with van der Waals surface area (Å²) in [5.41, 5.74) is 4.34. The number of anilines is 1. The minimum Gasteiger partial charge on any atom is -0.288 e. The molecule has 2 N–H and O–H groups in total. The second-order valence-corrected chi connectivity index (χ2v) is 7.85. The Bertz CT molecular complexity index is 1170. The minimum absolute atomic E-state index is 0.128. The molecule has 31 heavy (non-hydrogen) atoms. The molecule has 0 spiro atoms. The average molecular weight is 456 g/mol. The van der Waals surface area contributed by atoms with E-state index in [9.17, 15) is 4.79 Å². The number of carbonyl (C=O) groups is 1. The van der Waals surface area contributed by atoms with Crippen LogP contribution in [0.1, 0.15) is 35.0 Å². The van der Waals surface area contributed by atoms with Gasteiger partial charge in [-0.25, -0.2) is 0 Å². The molecule has 4 aromatic rings. The minimum atomic E-state index is -0.307. The molecule has 0 saturated carbocycles. The molecule has 0 aliphatic heterocycles. The van der Waals surface area contributed by atoms with Crippen molar-refractivity contribution in [3.05, 3.63) is 75.4 Å². The van der Waals surface area contributed by atoms with E-state index in [1.165, 1.54) is 0 Å². The first kappa shape index (κ1) is 21.0. The molecule has 0 unspecified atom stereocenters. The van der Waals surface area contributed by atoms with Crippen LogP contribution in [0.15, 0.2) is 48.5 Å². The van der Waals surface area contributed by atoms with E-state index in [-0.39, 0.29) is 11.9 Å². The lowest BCUT2D eigenvalue weighted by Crippen LogP contribution is -2.13. The first-order chi connectivity index (χ1) is 15.0. The van der Waals surface area contributed by atoms with Crippen LogP contribution in [0.4, 0.5) is 5.95 Å². The van der Waals surface area contributed by atoms with E-state index >= 15 is 0 Å². The quantitative estimate of drug-likeness (QED) is 0.423. The third kappa shape index (κ3) is 5.10. The molecule has 1 amide bonds. The summed E-state index contributed by atoms with van der Waals surface area (Å²) in [7, 11) is 0. The number of amides is 1. The number of aromatic amines is 1. The Hall–Kier alpha value is -3.23. The number of aryl methyl sites for hydroxylation is 1. The monoisotopic (exact) mass is 455 g/mol. The summed E-state index contributed by atoms with van der Waals surface area (Å²) in [6.45, 7) is 2.71. The third-order valence-electron chi connectivity index (χ3n) is 4.65. The molecule has 0 aliphatic rings.